The van der Waals surface area contributed by atoms with Crippen molar-refractivity contribution in [3.05, 3.63) is 35.4 Å². The maximum Gasteiger partial charge on any atom is 0.162 e. The van der Waals surface area contributed by atoms with Crippen LogP contribution in [-0.2, 0) is 0 Å². The summed E-state index contributed by atoms with van der Waals surface area (Å²) < 4.78 is 0. The van der Waals surface area contributed by atoms with E-state index in [2.05, 4.69) is 10.2 Å². The summed E-state index contributed by atoms with van der Waals surface area (Å²) in [6, 6.07) is 7.89. The van der Waals surface area contributed by atoms with Crippen LogP contribution in [0.2, 0.25) is 0 Å². The minimum Gasteiger partial charge on any atom is -0.314 e. The standard InChI is InChI=1S/C16H24N2O/c1-14-5-7-15(8-6-14)16(19)4-2-3-11-18-12-9-17-10-13-18/h5-8,17H,2-4,9-13H2,1H3. The van der Waals surface area contributed by atoms with Crippen molar-refractivity contribution in [2.24, 2.45) is 0 Å². The fourth-order valence-electron chi connectivity index (χ4n) is 2.44. The van der Waals surface area contributed by atoms with E-state index in [1.54, 1.807) is 0 Å². The Kier molecular flexibility index (Phi) is 5.55. The fourth-order valence-corrected chi connectivity index (χ4v) is 2.44. The number of benzene rings is 1. The molecule has 0 atom stereocenters. The Bertz CT molecular complexity index is 394. The number of carbonyl (C=O) groups excluding carboxylic acids is 1. The molecule has 0 spiro atoms. The van der Waals surface area contributed by atoms with Crippen molar-refractivity contribution in [2.75, 3.05) is 32.7 Å². The topological polar surface area (TPSA) is 32.3 Å². The quantitative estimate of drug-likeness (QED) is 0.629. The Balaban J connectivity index is 1.64. The van der Waals surface area contributed by atoms with Crippen LogP contribution in [0.1, 0.15) is 35.2 Å². The van der Waals surface area contributed by atoms with Gasteiger partial charge in [-0.05, 0) is 26.3 Å². The van der Waals surface area contributed by atoms with E-state index in [4.69, 9.17) is 0 Å². The van der Waals surface area contributed by atoms with Crippen LogP contribution >= 0.6 is 0 Å². The van der Waals surface area contributed by atoms with E-state index in [-0.39, 0.29) is 5.78 Å². The molecule has 1 heterocycles. The number of nitrogens with one attached hydrogen (secondary N) is 1. The zero-order valence-corrected chi connectivity index (χ0v) is 11.8. The second-order valence-electron chi connectivity index (χ2n) is 5.34. The van der Waals surface area contributed by atoms with Crippen LogP contribution in [0, 0.1) is 6.92 Å². The minimum absolute atomic E-state index is 0.278. The number of carbonyl (C=O) groups is 1. The summed E-state index contributed by atoms with van der Waals surface area (Å²) in [5.41, 5.74) is 2.06. The molecular formula is C16H24N2O. The van der Waals surface area contributed by atoms with E-state index < -0.39 is 0 Å². The lowest BCUT2D eigenvalue weighted by Crippen LogP contribution is -2.43. The monoisotopic (exact) mass is 260 g/mol. The average Bonchev–Trinajstić information content (AvgIpc) is 2.45. The summed E-state index contributed by atoms with van der Waals surface area (Å²) in [6.07, 6.45) is 2.80. The molecule has 1 aliphatic heterocycles. The van der Waals surface area contributed by atoms with Gasteiger partial charge in [0.25, 0.3) is 0 Å². The highest BCUT2D eigenvalue weighted by atomic mass is 16.1. The molecule has 3 heteroatoms. The Morgan fingerprint density at radius 2 is 1.84 bits per heavy atom. The Morgan fingerprint density at radius 1 is 1.16 bits per heavy atom. The molecule has 104 valence electrons. The van der Waals surface area contributed by atoms with Crippen molar-refractivity contribution in [3.8, 4) is 0 Å². The van der Waals surface area contributed by atoms with Gasteiger partial charge in [-0.25, -0.2) is 0 Å². The number of nitrogens with zero attached hydrogens (tertiary/aromatic N) is 1. The number of rotatable bonds is 6. The van der Waals surface area contributed by atoms with Gasteiger partial charge >= 0.3 is 0 Å². The maximum atomic E-state index is 12.0. The van der Waals surface area contributed by atoms with E-state index in [0.29, 0.717) is 6.42 Å². The number of Topliss-reactive ketones (excluding diaryl/α,β-unsaturated/α-hetero) is 1. The van der Waals surface area contributed by atoms with Crippen LogP contribution in [0.25, 0.3) is 0 Å². The third kappa shape index (κ3) is 4.77. The lowest BCUT2D eigenvalue weighted by atomic mass is 10.0. The molecule has 1 aromatic carbocycles. The van der Waals surface area contributed by atoms with Gasteiger partial charge in [0.2, 0.25) is 0 Å². The third-order valence-electron chi connectivity index (χ3n) is 3.71. The van der Waals surface area contributed by atoms with Crippen molar-refractivity contribution in [2.45, 2.75) is 26.2 Å². The van der Waals surface area contributed by atoms with E-state index in [1.165, 1.54) is 5.56 Å². The molecule has 0 saturated carbocycles. The minimum atomic E-state index is 0.278. The fraction of sp³-hybridized carbons (Fsp3) is 0.562. The number of hydrogen-bond donors (Lipinski definition) is 1. The molecular weight excluding hydrogens is 236 g/mol. The molecule has 0 radical (unpaired) electrons. The van der Waals surface area contributed by atoms with E-state index in [9.17, 15) is 4.79 Å². The van der Waals surface area contributed by atoms with Crippen LogP contribution in [0.4, 0.5) is 0 Å². The first kappa shape index (κ1) is 14.2. The van der Waals surface area contributed by atoms with Crippen LogP contribution in [0.15, 0.2) is 24.3 Å². The second kappa shape index (κ2) is 7.41. The maximum absolute atomic E-state index is 12.0. The summed E-state index contributed by atoms with van der Waals surface area (Å²) in [5, 5.41) is 3.35. The molecule has 1 saturated heterocycles. The molecule has 0 aliphatic carbocycles. The lowest BCUT2D eigenvalue weighted by Gasteiger charge is -2.26. The normalized spacial score (nSPS) is 16.5. The molecule has 0 amide bonds. The number of piperazine rings is 1. The molecule has 2 rings (SSSR count). The van der Waals surface area contributed by atoms with E-state index in [1.807, 2.05) is 31.2 Å². The summed E-state index contributed by atoms with van der Waals surface area (Å²) in [4.78, 5) is 14.5. The first-order valence-corrected chi connectivity index (χ1v) is 7.28. The number of hydrogen-bond acceptors (Lipinski definition) is 3. The van der Waals surface area contributed by atoms with Crippen molar-refractivity contribution >= 4 is 5.78 Å². The predicted octanol–water partition coefficient (Wildman–Crippen LogP) is 2.25. The van der Waals surface area contributed by atoms with Gasteiger partial charge in [-0.15, -0.1) is 0 Å². The molecule has 0 unspecified atom stereocenters. The van der Waals surface area contributed by atoms with Crippen molar-refractivity contribution in [1.82, 2.24) is 10.2 Å². The predicted molar refractivity (Wildman–Crippen MR) is 78.7 cm³/mol. The van der Waals surface area contributed by atoms with Gasteiger partial charge in [-0.1, -0.05) is 29.8 Å². The largest absolute Gasteiger partial charge is 0.314 e. The highest BCUT2D eigenvalue weighted by Crippen LogP contribution is 2.09. The SMILES string of the molecule is Cc1ccc(C(=O)CCCCN2CCNCC2)cc1. The van der Waals surface area contributed by atoms with E-state index >= 15 is 0 Å². The zero-order valence-electron chi connectivity index (χ0n) is 11.8. The first-order valence-electron chi connectivity index (χ1n) is 7.28. The molecule has 0 bridgehead atoms. The van der Waals surface area contributed by atoms with Gasteiger partial charge in [0.05, 0.1) is 0 Å². The highest BCUT2D eigenvalue weighted by molar-refractivity contribution is 5.96. The summed E-state index contributed by atoms with van der Waals surface area (Å²) in [5.74, 6) is 0.278. The zero-order chi connectivity index (χ0) is 13.5. The molecule has 1 fully saturated rings. The number of aryl methyl sites for hydroxylation is 1. The second-order valence-corrected chi connectivity index (χ2v) is 5.34. The number of unbranched alkanes of at least 4 members (excludes halogenated alkanes) is 1. The van der Waals surface area contributed by atoms with Crippen LogP contribution in [-0.4, -0.2) is 43.4 Å². The van der Waals surface area contributed by atoms with Crippen molar-refractivity contribution in [3.63, 3.8) is 0 Å². The third-order valence-corrected chi connectivity index (χ3v) is 3.71. The number of ketones is 1. The van der Waals surface area contributed by atoms with Crippen molar-refractivity contribution in [1.29, 1.82) is 0 Å². The van der Waals surface area contributed by atoms with Gasteiger partial charge in [-0.3, -0.25) is 4.79 Å². The van der Waals surface area contributed by atoms with E-state index in [0.717, 1.165) is 51.1 Å². The summed E-state index contributed by atoms with van der Waals surface area (Å²) in [7, 11) is 0. The molecule has 1 N–H and O–H groups in total. The van der Waals surface area contributed by atoms with Gasteiger partial charge < -0.3 is 10.2 Å². The Morgan fingerprint density at radius 3 is 2.53 bits per heavy atom. The molecule has 1 aromatic rings. The molecule has 19 heavy (non-hydrogen) atoms. The van der Waals surface area contributed by atoms with Crippen LogP contribution in [0.3, 0.4) is 0 Å². The first-order chi connectivity index (χ1) is 9.25. The van der Waals surface area contributed by atoms with Gasteiger partial charge in [-0.2, -0.15) is 0 Å². The molecule has 0 aromatic heterocycles. The van der Waals surface area contributed by atoms with Gasteiger partial charge in [0.15, 0.2) is 5.78 Å². The highest BCUT2D eigenvalue weighted by Gasteiger charge is 2.09. The Hall–Kier alpha value is -1.19. The van der Waals surface area contributed by atoms with Crippen molar-refractivity contribution < 1.29 is 4.79 Å². The van der Waals surface area contributed by atoms with Crippen LogP contribution < -0.4 is 5.32 Å². The lowest BCUT2D eigenvalue weighted by molar-refractivity contribution is 0.0977. The summed E-state index contributed by atoms with van der Waals surface area (Å²) >= 11 is 0. The smallest absolute Gasteiger partial charge is 0.162 e. The molecule has 1 aliphatic rings. The van der Waals surface area contributed by atoms with Gasteiger partial charge in [0.1, 0.15) is 0 Å². The Labute approximate surface area is 116 Å². The summed E-state index contributed by atoms with van der Waals surface area (Å²) in [6.45, 7) is 7.66. The van der Waals surface area contributed by atoms with Crippen LogP contribution in [0.5, 0.6) is 0 Å². The molecule has 3 nitrogen and oxygen atoms in total. The average molecular weight is 260 g/mol. The van der Waals surface area contributed by atoms with Gasteiger partial charge in [0, 0.05) is 38.2 Å².